The molecule has 0 unspecified atom stereocenters. The van der Waals surface area contributed by atoms with Crippen LogP contribution in [0.15, 0.2) is 35.5 Å². The SMILES string of the molecule is Cc1ccnc(N=Cc2cc(C(C)(C)C)cc(C(C)(C)C)c2O)c1. The molecule has 3 nitrogen and oxygen atoms in total. The van der Waals surface area contributed by atoms with Gasteiger partial charge in [0.05, 0.1) is 0 Å². The topological polar surface area (TPSA) is 45.5 Å². The lowest BCUT2D eigenvalue weighted by Gasteiger charge is -2.26. The molecular weight excluding hydrogens is 296 g/mol. The first kappa shape index (κ1) is 18.2. The van der Waals surface area contributed by atoms with Gasteiger partial charge in [-0.3, -0.25) is 0 Å². The number of hydrogen-bond acceptors (Lipinski definition) is 3. The number of aromatic hydroxyl groups is 1. The van der Waals surface area contributed by atoms with E-state index in [0.29, 0.717) is 11.6 Å². The van der Waals surface area contributed by atoms with Crippen molar-refractivity contribution in [3.63, 3.8) is 0 Å². The molecule has 2 aromatic rings. The van der Waals surface area contributed by atoms with E-state index in [9.17, 15) is 5.11 Å². The lowest BCUT2D eigenvalue weighted by molar-refractivity contribution is 0.444. The minimum Gasteiger partial charge on any atom is -0.507 e. The summed E-state index contributed by atoms with van der Waals surface area (Å²) in [5.41, 5.74) is 3.82. The third kappa shape index (κ3) is 4.22. The van der Waals surface area contributed by atoms with E-state index >= 15 is 0 Å². The normalized spacial score (nSPS) is 12.8. The van der Waals surface area contributed by atoms with E-state index in [4.69, 9.17) is 0 Å². The highest BCUT2D eigenvalue weighted by Gasteiger charge is 2.24. The Balaban J connectivity index is 2.56. The van der Waals surface area contributed by atoms with Crippen molar-refractivity contribution in [2.45, 2.75) is 59.3 Å². The Morgan fingerprint density at radius 2 is 1.67 bits per heavy atom. The molecule has 128 valence electrons. The molecule has 0 atom stereocenters. The van der Waals surface area contributed by atoms with Crippen LogP contribution in [0.3, 0.4) is 0 Å². The van der Waals surface area contributed by atoms with Gasteiger partial charge in [0.15, 0.2) is 5.82 Å². The third-order valence-corrected chi connectivity index (χ3v) is 4.05. The predicted molar refractivity (Wildman–Crippen MR) is 102 cm³/mol. The fourth-order valence-electron chi connectivity index (χ4n) is 2.49. The van der Waals surface area contributed by atoms with Crippen molar-refractivity contribution >= 4 is 12.0 Å². The molecular formula is C21H28N2O. The van der Waals surface area contributed by atoms with Crippen LogP contribution in [0.2, 0.25) is 0 Å². The van der Waals surface area contributed by atoms with Gasteiger partial charge in [0.25, 0.3) is 0 Å². The van der Waals surface area contributed by atoms with Crippen molar-refractivity contribution in [2.75, 3.05) is 0 Å². The van der Waals surface area contributed by atoms with E-state index in [-0.39, 0.29) is 10.8 Å². The fourth-order valence-corrected chi connectivity index (χ4v) is 2.49. The molecule has 1 heterocycles. The number of hydrogen-bond donors (Lipinski definition) is 1. The third-order valence-electron chi connectivity index (χ3n) is 4.05. The molecule has 0 fully saturated rings. The smallest absolute Gasteiger partial charge is 0.151 e. The molecule has 1 aromatic carbocycles. The van der Waals surface area contributed by atoms with Gasteiger partial charge in [-0.1, -0.05) is 47.6 Å². The molecule has 3 heteroatoms. The van der Waals surface area contributed by atoms with Crippen LogP contribution in [0.25, 0.3) is 0 Å². The summed E-state index contributed by atoms with van der Waals surface area (Å²) in [5, 5.41) is 10.7. The van der Waals surface area contributed by atoms with Crippen molar-refractivity contribution < 1.29 is 5.11 Å². The van der Waals surface area contributed by atoms with Gasteiger partial charge in [-0.2, -0.15) is 0 Å². The van der Waals surface area contributed by atoms with Crippen LogP contribution < -0.4 is 0 Å². The van der Waals surface area contributed by atoms with Gasteiger partial charge < -0.3 is 5.11 Å². The Bertz CT molecular complexity index is 762. The van der Waals surface area contributed by atoms with E-state index in [1.54, 1.807) is 12.4 Å². The summed E-state index contributed by atoms with van der Waals surface area (Å²) in [4.78, 5) is 8.70. The quantitative estimate of drug-likeness (QED) is 0.747. The molecule has 1 aromatic heterocycles. The zero-order valence-electron chi connectivity index (χ0n) is 15.8. The Kier molecular flexibility index (Phi) is 4.84. The van der Waals surface area contributed by atoms with Gasteiger partial charge in [0.1, 0.15) is 5.75 Å². The standard InChI is InChI=1S/C21H28N2O/c1-14-8-9-22-18(10-14)23-13-15-11-16(20(2,3)4)12-17(19(15)24)21(5,6)7/h8-13,24H,1-7H3. The first-order valence-electron chi connectivity index (χ1n) is 8.33. The van der Waals surface area contributed by atoms with Crippen LogP contribution in [0.5, 0.6) is 5.75 Å². The molecule has 0 aliphatic heterocycles. The molecule has 0 aliphatic carbocycles. The summed E-state index contributed by atoms with van der Waals surface area (Å²) in [6.45, 7) is 14.9. The number of phenols is 1. The number of phenolic OH excluding ortho intramolecular Hbond substituents is 1. The lowest BCUT2D eigenvalue weighted by Crippen LogP contribution is -2.17. The maximum Gasteiger partial charge on any atom is 0.151 e. The van der Waals surface area contributed by atoms with Gasteiger partial charge in [-0.05, 0) is 47.1 Å². The van der Waals surface area contributed by atoms with Crippen molar-refractivity contribution in [1.82, 2.24) is 4.98 Å². The Hall–Kier alpha value is -2.16. The summed E-state index contributed by atoms with van der Waals surface area (Å²) in [6.07, 6.45) is 3.45. The fraction of sp³-hybridized carbons (Fsp3) is 0.429. The molecule has 0 amide bonds. The Morgan fingerprint density at radius 3 is 2.21 bits per heavy atom. The van der Waals surface area contributed by atoms with Crippen molar-refractivity contribution in [3.05, 3.63) is 52.7 Å². The zero-order valence-corrected chi connectivity index (χ0v) is 15.8. The van der Waals surface area contributed by atoms with Crippen LogP contribution in [-0.2, 0) is 10.8 Å². The minimum absolute atomic E-state index is 0.00211. The number of benzene rings is 1. The second-order valence-corrected chi connectivity index (χ2v) is 8.41. The number of aromatic nitrogens is 1. The summed E-state index contributed by atoms with van der Waals surface area (Å²) >= 11 is 0. The monoisotopic (exact) mass is 324 g/mol. The van der Waals surface area contributed by atoms with Crippen LogP contribution in [-0.4, -0.2) is 16.3 Å². The minimum atomic E-state index is -0.143. The van der Waals surface area contributed by atoms with Crippen LogP contribution in [0, 0.1) is 6.92 Å². The predicted octanol–water partition coefficient (Wildman–Crippen LogP) is 5.44. The number of aliphatic imine (C=N–C) groups is 1. The highest BCUT2D eigenvalue weighted by Crippen LogP contribution is 2.37. The lowest BCUT2D eigenvalue weighted by atomic mass is 9.79. The maximum absolute atomic E-state index is 10.7. The number of nitrogens with zero attached hydrogens (tertiary/aromatic N) is 2. The van der Waals surface area contributed by atoms with E-state index in [1.807, 2.05) is 25.1 Å². The highest BCUT2D eigenvalue weighted by atomic mass is 16.3. The first-order chi connectivity index (χ1) is 11.0. The van der Waals surface area contributed by atoms with Gasteiger partial charge in [0, 0.05) is 23.5 Å². The molecule has 24 heavy (non-hydrogen) atoms. The Morgan fingerprint density at radius 1 is 1.00 bits per heavy atom. The van der Waals surface area contributed by atoms with E-state index in [1.165, 1.54) is 5.56 Å². The number of pyridine rings is 1. The Labute approximate surface area is 145 Å². The number of aryl methyl sites for hydroxylation is 1. The van der Waals surface area contributed by atoms with E-state index < -0.39 is 0 Å². The summed E-state index contributed by atoms with van der Waals surface area (Å²) in [6, 6.07) is 7.99. The average Bonchev–Trinajstić information content (AvgIpc) is 2.43. The summed E-state index contributed by atoms with van der Waals surface area (Å²) in [7, 11) is 0. The summed E-state index contributed by atoms with van der Waals surface area (Å²) < 4.78 is 0. The van der Waals surface area contributed by atoms with E-state index in [2.05, 4.69) is 57.6 Å². The number of rotatable bonds is 2. The molecule has 2 rings (SSSR count). The van der Waals surface area contributed by atoms with Gasteiger partial charge in [-0.15, -0.1) is 0 Å². The van der Waals surface area contributed by atoms with Crippen molar-refractivity contribution in [3.8, 4) is 5.75 Å². The largest absolute Gasteiger partial charge is 0.507 e. The highest BCUT2D eigenvalue weighted by molar-refractivity contribution is 5.86. The van der Waals surface area contributed by atoms with Gasteiger partial charge in [-0.25, -0.2) is 9.98 Å². The van der Waals surface area contributed by atoms with E-state index in [0.717, 1.165) is 16.7 Å². The molecule has 1 N–H and O–H groups in total. The van der Waals surface area contributed by atoms with Crippen molar-refractivity contribution in [1.29, 1.82) is 0 Å². The maximum atomic E-state index is 10.7. The van der Waals surface area contributed by atoms with Crippen LogP contribution in [0.1, 0.15) is 63.8 Å². The second-order valence-electron chi connectivity index (χ2n) is 8.41. The van der Waals surface area contributed by atoms with Gasteiger partial charge >= 0.3 is 0 Å². The molecule has 0 saturated heterocycles. The molecule has 0 radical (unpaired) electrons. The van der Waals surface area contributed by atoms with Gasteiger partial charge in [0.2, 0.25) is 0 Å². The summed E-state index contributed by atoms with van der Waals surface area (Å²) in [5.74, 6) is 0.944. The van der Waals surface area contributed by atoms with Crippen LogP contribution in [0.4, 0.5) is 5.82 Å². The molecule has 0 spiro atoms. The zero-order chi connectivity index (χ0) is 18.1. The first-order valence-corrected chi connectivity index (χ1v) is 8.33. The molecule has 0 saturated carbocycles. The van der Waals surface area contributed by atoms with Crippen molar-refractivity contribution in [2.24, 2.45) is 4.99 Å². The second kappa shape index (κ2) is 6.39. The molecule has 0 aliphatic rings. The average molecular weight is 324 g/mol. The van der Waals surface area contributed by atoms with Crippen LogP contribution >= 0.6 is 0 Å². The molecule has 0 bridgehead atoms.